The molecule has 1 amide bonds. The molecule has 0 bridgehead atoms. The third-order valence-corrected chi connectivity index (χ3v) is 6.02. The van der Waals surface area contributed by atoms with Crippen molar-refractivity contribution < 1.29 is 4.79 Å². The van der Waals surface area contributed by atoms with Gasteiger partial charge in [0.25, 0.3) is 0 Å². The molecule has 0 spiro atoms. The van der Waals surface area contributed by atoms with Gasteiger partial charge in [-0.3, -0.25) is 9.78 Å². The first kappa shape index (κ1) is 20.9. The Labute approximate surface area is 192 Å². The molecule has 0 atom stereocenters. The Bertz CT molecular complexity index is 1330. The standard InChI is InChI=1S/C24H26N8O/c1-16-10-18(4-5-21(16)19-6-7-25-17(2)11-19)13-26-24-29-28-22-12-20(14-27-32(22)24)31-9-8-30(3)23(33)15-31/h4-7,10-12,14H,8-9,13,15H2,1-3H3,(H,26,29). The highest BCUT2D eigenvalue weighted by Crippen LogP contribution is 2.25. The molecule has 5 rings (SSSR count). The van der Waals surface area contributed by atoms with Crippen LogP contribution in [0.3, 0.4) is 0 Å². The van der Waals surface area contributed by atoms with Crippen molar-refractivity contribution >= 4 is 23.2 Å². The van der Waals surface area contributed by atoms with Gasteiger partial charge in [-0.25, -0.2) is 0 Å². The van der Waals surface area contributed by atoms with Crippen molar-refractivity contribution in [3.8, 4) is 11.1 Å². The molecule has 4 aromatic rings. The first-order valence-corrected chi connectivity index (χ1v) is 10.9. The molecule has 9 nitrogen and oxygen atoms in total. The Morgan fingerprint density at radius 3 is 2.73 bits per heavy atom. The highest BCUT2D eigenvalue weighted by Gasteiger charge is 2.22. The Morgan fingerprint density at radius 1 is 1.06 bits per heavy atom. The number of carbonyl (C=O) groups excluding carboxylic acids is 1. The molecule has 0 radical (unpaired) electrons. The predicted octanol–water partition coefficient (Wildman–Crippen LogP) is 2.69. The summed E-state index contributed by atoms with van der Waals surface area (Å²) in [5, 5.41) is 16.4. The van der Waals surface area contributed by atoms with E-state index in [0.29, 0.717) is 31.2 Å². The summed E-state index contributed by atoms with van der Waals surface area (Å²) in [6, 6.07) is 12.5. The number of fused-ring (bicyclic) bond motifs is 1. The van der Waals surface area contributed by atoms with Crippen molar-refractivity contribution in [1.82, 2.24) is 29.7 Å². The van der Waals surface area contributed by atoms with Gasteiger partial charge in [-0.1, -0.05) is 18.2 Å². The maximum atomic E-state index is 12.0. The molecule has 0 saturated carbocycles. The Balaban J connectivity index is 1.30. The lowest BCUT2D eigenvalue weighted by Crippen LogP contribution is -2.48. The minimum Gasteiger partial charge on any atom is -0.359 e. The minimum atomic E-state index is 0.102. The van der Waals surface area contributed by atoms with Crippen molar-refractivity contribution in [2.75, 3.05) is 36.9 Å². The summed E-state index contributed by atoms with van der Waals surface area (Å²) in [6.45, 7) is 6.54. The van der Waals surface area contributed by atoms with E-state index in [1.165, 1.54) is 16.7 Å². The van der Waals surface area contributed by atoms with Crippen LogP contribution in [-0.4, -0.2) is 62.3 Å². The lowest BCUT2D eigenvalue weighted by atomic mass is 9.99. The number of aromatic nitrogens is 5. The number of aryl methyl sites for hydroxylation is 2. The molecule has 1 aliphatic heterocycles. The van der Waals surface area contributed by atoms with Crippen LogP contribution >= 0.6 is 0 Å². The maximum absolute atomic E-state index is 12.0. The molecule has 1 N–H and O–H groups in total. The van der Waals surface area contributed by atoms with Crippen molar-refractivity contribution in [1.29, 1.82) is 0 Å². The normalized spacial score (nSPS) is 14.2. The summed E-state index contributed by atoms with van der Waals surface area (Å²) < 4.78 is 1.68. The van der Waals surface area contributed by atoms with Gasteiger partial charge in [0, 0.05) is 44.6 Å². The fourth-order valence-corrected chi connectivity index (χ4v) is 4.10. The molecule has 1 aliphatic rings. The van der Waals surface area contributed by atoms with Gasteiger partial charge in [0.15, 0.2) is 5.65 Å². The monoisotopic (exact) mass is 442 g/mol. The number of amides is 1. The second kappa shape index (κ2) is 8.50. The molecular weight excluding hydrogens is 416 g/mol. The van der Waals surface area contributed by atoms with E-state index in [0.717, 1.165) is 23.5 Å². The fourth-order valence-electron chi connectivity index (χ4n) is 4.10. The van der Waals surface area contributed by atoms with Crippen LogP contribution in [0, 0.1) is 13.8 Å². The number of carbonyl (C=O) groups is 1. The maximum Gasteiger partial charge on any atom is 0.246 e. The predicted molar refractivity (Wildman–Crippen MR) is 127 cm³/mol. The fraction of sp³-hybridized carbons (Fsp3) is 0.292. The average Bonchev–Trinajstić information content (AvgIpc) is 3.22. The molecule has 0 aliphatic carbocycles. The molecular formula is C24H26N8O. The van der Waals surface area contributed by atoms with Gasteiger partial charge >= 0.3 is 0 Å². The van der Waals surface area contributed by atoms with Crippen LogP contribution < -0.4 is 10.2 Å². The topological polar surface area (TPSA) is 91.5 Å². The summed E-state index contributed by atoms with van der Waals surface area (Å²) >= 11 is 0. The minimum absolute atomic E-state index is 0.102. The van der Waals surface area contributed by atoms with Crippen molar-refractivity contribution in [3.05, 3.63) is 65.6 Å². The van der Waals surface area contributed by atoms with Gasteiger partial charge in [0.05, 0.1) is 18.4 Å². The van der Waals surface area contributed by atoms with E-state index in [1.54, 1.807) is 15.6 Å². The third kappa shape index (κ3) is 4.21. The molecule has 1 aromatic carbocycles. The Kier molecular flexibility index (Phi) is 5.37. The van der Waals surface area contributed by atoms with Crippen LogP contribution in [0.5, 0.6) is 0 Å². The SMILES string of the molecule is Cc1cc(-c2ccc(CNc3nnc4cc(N5CCN(C)C(=O)C5)cnn34)cc2C)ccn1. The van der Waals surface area contributed by atoms with Crippen LogP contribution in [0.1, 0.15) is 16.8 Å². The third-order valence-electron chi connectivity index (χ3n) is 6.02. The Morgan fingerprint density at radius 2 is 1.94 bits per heavy atom. The van der Waals surface area contributed by atoms with Gasteiger partial charge in [0.2, 0.25) is 11.9 Å². The molecule has 1 saturated heterocycles. The van der Waals surface area contributed by atoms with E-state index in [1.807, 2.05) is 37.2 Å². The first-order valence-electron chi connectivity index (χ1n) is 10.9. The van der Waals surface area contributed by atoms with Gasteiger partial charge in [-0.15, -0.1) is 10.2 Å². The van der Waals surface area contributed by atoms with E-state index in [2.05, 4.69) is 56.8 Å². The molecule has 0 unspecified atom stereocenters. The summed E-state index contributed by atoms with van der Waals surface area (Å²) in [4.78, 5) is 20.1. The van der Waals surface area contributed by atoms with Crippen molar-refractivity contribution in [3.63, 3.8) is 0 Å². The highest BCUT2D eigenvalue weighted by atomic mass is 16.2. The van der Waals surface area contributed by atoms with Crippen LogP contribution in [0.2, 0.25) is 0 Å². The zero-order valence-corrected chi connectivity index (χ0v) is 19.0. The number of anilines is 2. The summed E-state index contributed by atoms with van der Waals surface area (Å²) in [5.74, 6) is 0.683. The van der Waals surface area contributed by atoms with Crippen molar-refractivity contribution in [2.45, 2.75) is 20.4 Å². The van der Waals surface area contributed by atoms with E-state index < -0.39 is 0 Å². The van der Waals surface area contributed by atoms with Crippen LogP contribution in [-0.2, 0) is 11.3 Å². The first-order chi connectivity index (χ1) is 16.0. The number of pyridine rings is 1. The highest BCUT2D eigenvalue weighted by molar-refractivity contribution is 5.82. The van der Waals surface area contributed by atoms with Gasteiger partial charge in [0.1, 0.15) is 0 Å². The van der Waals surface area contributed by atoms with E-state index in [4.69, 9.17) is 0 Å². The summed E-state index contributed by atoms with van der Waals surface area (Å²) in [7, 11) is 1.83. The molecule has 168 valence electrons. The quantitative estimate of drug-likeness (QED) is 0.508. The molecule has 9 heteroatoms. The largest absolute Gasteiger partial charge is 0.359 e. The summed E-state index contributed by atoms with van der Waals surface area (Å²) in [5.41, 5.74) is 7.24. The zero-order valence-electron chi connectivity index (χ0n) is 19.0. The van der Waals surface area contributed by atoms with Crippen LogP contribution in [0.25, 0.3) is 16.8 Å². The molecule has 1 fully saturated rings. The van der Waals surface area contributed by atoms with Gasteiger partial charge < -0.3 is 15.1 Å². The number of nitrogens with one attached hydrogen (secondary N) is 1. The van der Waals surface area contributed by atoms with Gasteiger partial charge in [-0.2, -0.15) is 9.61 Å². The van der Waals surface area contributed by atoms with E-state index in [9.17, 15) is 4.79 Å². The van der Waals surface area contributed by atoms with E-state index in [-0.39, 0.29) is 5.91 Å². The second-order valence-electron chi connectivity index (χ2n) is 8.43. The zero-order chi connectivity index (χ0) is 22.9. The number of nitrogens with zero attached hydrogens (tertiary/aromatic N) is 7. The number of hydrogen-bond donors (Lipinski definition) is 1. The number of piperazine rings is 1. The Hall–Kier alpha value is -4.01. The lowest BCUT2D eigenvalue weighted by molar-refractivity contribution is -0.129. The van der Waals surface area contributed by atoms with Crippen LogP contribution in [0.15, 0.2) is 48.8 Å². The average molecular weight is 443 g/mol. The molecule has 3 aromatic heterocycles. The molecule has 4 heterocycles. The number of likely N-dealkylation sites (N-methyl/N-ethyl adjacent to an activating group) is 1. The summed E-state index contributed by atoms with van der Waals surface area (Å²) in [6.07, 6.45) is 3.60. The van der Waals surface area contributed by atoms with Crippen LogP contribution in [0.4, 0.5) is 11.6 Å². The molecule has 33 heavy (non-hydrogen) atoms. The number of rotatable bonds is 5. The van der Waals surface area contributed by atoms with Gasteiger partial charge in [-0.05, 0) is 48.2 Å². The second-order valence-corrected chi connectivity index (χ2v) is 8.43. The van der Waals surface area contributed by atoms with E-state index >= 15 is 0 Å². The smallest absolute Gasteiger partial charge is 0.246 e. The van der Waals surface area contributed by atoms with Crippen molar-refractivity contribution in [2.24, 2.45) is 0 Å². The lowest BCUT2D eigenvalue weighted by Gasteiger charge is -2.33. The number of hydrogen-bond acceptors (Lipinski definition) is 7. The number of benzene rings is 1.